The van der Waals surface area contributed by atoms with Crippen molar-refractivity contribution < 1.29 is 8.78 Å². The Kier molecular flexibility index (Phi) is 4.19. The van der Waals surface area contributed by atoms with Crippen LogP contribution in [0.5, 0.6) is 0 Å². The lowest BCUT2D eigenvalue weighted by atomic mass is 9.92. The summed E-state index contributed by atoms with van der Waals surface area (Å²) in [6.45, 7) is 5.53. The summed E-state index contributed by atoms with van der Waals surface area (Å²) in [4.78, 5) is 0. The maximum Gasteiger partial charge on any atom is 0.128 e. The van der Waals surface area contributed by atoms with E-state index in [4.69, 9.17) is 0 Å². The van der Waals surface area contributed by atoms with E-state index in [1.165, 1.54) is 12.1 Å². The molecule has 0 saturated carbocycles. The molecule has 0 fully saturated rings. The third-order valence-electron chi connectivity index (χ3n) is 3.62. The number of hydrogen-bond donors (Lipinski definition) is 1. The van der Waals surface area contributed by atoms with Crippen LogP contribution in [0.25, 0.3) is 0 Å². The summed E-state index contributed by atoms with van der Waals surface area (Å²) >= 11 is 0. The van der Waals surface area contributed by atoms with Crippen LogP contribution in [-0.2, 0) is 0 Å². The maximum atomic E-state index is 14.2. The minimum atomic E-state index is -0.385. The first-order valence-corrected chi connectivity index (χ1v) is 6.64. The molecular formula is C17H19F2N. The Morgan fingerprint density at radius 2 is 1.55 bits per heavy atom. The van der Waals surface area contributed by atoms with E-state index in [0.717, 1.165) is 16.7 Å². The lowest BCUT2D eigenvalue weighted by molar-refractivity contribution is 0.553. The molecule has 20 heavy (non-hydrogen) atoms. The van der Waals surface area contributed by atoms with Gasteiger partial charge in [0.05, 0.1) is 6.04 Å². The average Bonchev–Trinajstić information content (AvgIpc) is 2.40. The molecule has 2 aromatic carbocycles. The summed E-state index contributed by atoms with van der Waals surface area (Å²) in [5.74, 6) is -0.767. The van der Waals surface area contributed by atoms with Crippen molar-refractivity contribution in [3.05, 3.63) is 69.8 Å². The third kappa shape index (κ3) is 2.73. The molecule has 0 bridgehead atoms. The van der Waals surface area contributed by atoms with Gasteiger partial charge in [0, 0.05) is 5.56 Å². The predicted octanol–water partition coefficient (Wildman–Crippen LogP) is 4.20. The summed E-state index contributed by atoms with van der Waals surface area (Å²) in [6.07, 6.45) is 0. The Balaban J connectivity index is 2.58. The molecule has 0 radical (unpaired) electrons. The Morgan fingerprint density at radius 1 is 0.850 bits per heavy atom. The molecule has 1 N–H and O–H groups in total. The van der Waals surface area contributed by atoms with Gasteiger partial charge in [-0.2, -0.15) is 0 Å². The van der Waals surface area contributed by atoms with Crippen molar-refractivity contribution in [2.75, 3.05) is 7.05 Å². The molecule has 1 atom stereocenters. The lowest BCUT2D eigenvalue weighted by Gasteiger charge is -2.21. The van der Waals surface area contributed by atoms with Gasteiger partial charge in [-0.15, -0.1) is 0 Å². The second kappa shape index (κ2) is 5.71. The quantitative estimate of drug-likeness (QED) is 0.885. The van der Waals surface area contributed by atoms with Gasteiger partial charge in [-0.3, -0.25) is 0 Å². The predicted molar refractivity (Wildman–Crippen MR) is 77.9 cm³/mol. The topological polar surface area (TPSA) is 12.0 Å². The monoisotopic (exact) mass is 275 g/mol. The van der Waals surface area contributed by atoms with Crippen LogP contribution in [0.15, 0.2) is 30.3 Å². The van der Waals surface area contributed by atoms with E-state index in [2.05, 4.69) is 5.32 Å². The van der Waals surface area contributed by atoms with Crippen LogP contribution in [0.4, 0.5) is 8.78 Å². The Hall–Kier alpha value is -1.74. The molecule has 3 heteroatoms. The van der Waals surface area contributed by atoms with Crippen LogP contribution in [0.2, 0.25) is 0 Å². The molecule has 0 aromatic heterocycles. The van der Waals surface area contributed by atoms with Crippen molar-refractivity contribution in [1.29, 1.82) is 0 Å². The number of hydrogen-bond acceptors (Lipinski definition) is 1. The number of nitrogens with one attached hydrogen (secondary N) is 1. The van der Waals surface area contributed by atoms with Gasteiger partial charge >= 0.3 is 0 Å². The van der Waals surface area contributed by atoms with Gasteiger partial charge in [0.2, 0.25) is 0 Å². The molecule has 0 aliphatic heterocycles. The number of benzene rings is 2. The Morgan fingerprint density at radius 3 is 2.20 bits per heavy atom. The highest BCUT2D eigenvalue weighted by Crippen LogP contribution is 2.28. The number of aryl methyl sites for hydroxylation is 3. The molecule has 2 rings (SSSR count). The first-order valence-electron chi connectivity index (χ1n) is 6.64. The molecule has 0 saturated heterocycles. The van der Waals surface area contributed by atoms with Gasteiger partial charge < -0.3 is 5.32 Å². The van der Waals surface area contributed by atoms with E-state index in [-0.39, 0.29) is 17.7 Å². The fourth-order valence-corrected chi connectivity index (χ4v) is 2.43. The molecule has 2 aromatic rings. The minimum absolute atomic E-state index is 0.321. The second-order valence-corrected chi connectivity index (χ2v) is 5.20. The van der Waals surface area contributed by atoms with Crippen LogP contribution in [0, 0.1) is 32.4 Å². The zero-order chi connectivity index (χ0) is 14.9. The van der Waals surface area contributed by atoms with Gasteiger partial charge in [-0.05, 0) is 56.6 Å². The summed E-state index contributed by atoms with van der Waals surface area (Å²) < 4.78 is 27.9. The van der Waals surface area contributed by atoms with E-state index in [1.54, 1.807) is 14.0 Å². The van der Waals surface area contributed by atoms with Gasteiger partial charge in [-0.1, -0.05) is 23.8 Å². The van der Waals surface area contributed by atoms with Crippen LogP contribution < -0.4 is 5.32 Å². The largest absolute Gasteiger partial charge is 0.309 e. The van der Waals surface area contributed by atoms with E-state index in [9.17, 15) is 8.78 Å². The SMILES string of the molecule is CNC(c1cc(C)ccc1C)c1cc(F)c(C)cc1F. The highest BCUT2D eigenvalue weighted by Gasteiger charge is 2.19. The van der Waals surface area contributed by atoms with Crippen molar-refractivity contribution in [2.24, 2.45) is 0 Å². The molecule has 0 spiro atoms. The fraction of sp³-hybridized carbons (Fsp3) is 0.294. The van der Waals surface area contributed by atoms with Crippen molar-refractivity contribution in [3.63, 3.8) is 0 Å². The molecule has 1 unspecified atom stereocenters. The number of rotatable bonds is 3. The standard InChI is InChI=1S/C17H19F2N/c1-10-5-6-11(2)13(7-10)17(20-4)14-9-15(18)12(3)8-16(14)19/h5-9,17,20H,1-4H3. The molecule has 0 aliphatic carbocycles. The molecule has 1 nitrogen and oxygen atoms in total. The Bertz CT molecular complexity index is 635. The summed E-state index contributed by atoms with van der Waals surface area (Å²) in [6, 6.07) is 8.20. The minimum Gasteiger partial charge on any atom is -0.309 e. The smallest absolute Gasteiger partial charge is 0.128 e. The van der Waals surface area contributed by atoms with Crippen LogP contribution in [0.3, 0.4) is 0 Å². The van der Waals surface area contributed by atoms with Crippen molar-refractivity contribution in [1.82, 2.24) is 5.32 Å². The van der Waals surface area contributed by atoms with E-state index < -0.39 is 0 Å². The summed E-state index contributed by atoms with van der Waals surface area (Å²) in [7, 11) is 1.75. The first kappa shape index (κ1) is 14.7. The first-order chi connectivity index (χ1) is 9.43. The van der Waals surface area contributed by atoms with E-state index in [1.807, 2.05) is 32.0 Å². The zero-order valence-corrected chi connectivity index (χ0v) is 12.2. The molecule has 106 valence electrons. The van der Waals surface area contributed by atoms with Crippen molar-refractivity contribution in [2.45, 2.75) is 26.8 Å². The molecule has 0 aliphatic rings. The maximum absolute atomic E-state index is 14.2. The third-order valence-corrected chi connectivity index (χ3v) is 3.62. The zero-order valence-electron chi connectivity index (χ0n) is 12.2. The summed E-state index contributed by atoms with van der Waals surface area (Å²) in [5.41, 5.74) is 3.77. The van der Waals surface area contributed by atoms with Gasteiger partial charge in [0.25, 0.3) is 0 Å². The normalized spacial score (nSPS) is 12.5. The average molecular weight is 275 g/mol. The lowest BCUT2D eigenvalue weighted by Crippen LogP contribution is -2.20. The van der Waals surface area contributed by atoms with Crippen molar-refractivity contribution >= 4 is 0 Å². The van der Waals surface area contributed by atoms with Crippen molar-refractivity contribution in [3.8, 4) is 0 Å². The number of halogens is 2. The van der Waals surface area contributed by atoms with Crippen LogP contribution in [0.1, 0.15) is 33.9 Å². The summed E-state index contributed by atoms with van der Waals surface area (Å²) in [5, 5.41) is 3.08. The molecular weight excluding hydrogens is 256 g/mol. The molecule has 0 heterocycles. The van der Waals surface area contributed by atoms with E-state index in [0.29, 0.717) is 11.1 Å². The highest BCUT2D eigenvalue weighted by molar-refractivity contribution is 5.40. The van der Waals surface area contributed by atoms with Crippen LogP contribution in [-0.4, -0.2) is 7.05 Å². The van der Waals surface area contributed by atoms with Crippen LogP contribution >= 0.6 is 0 Å². The highest BCUT2D eigenvalue weighted by atomic mass is 19.1. The fourth-order valence-electron chi connectivity index (χ4n) is 2.43. The second-order valence-electron chi connectivity index (χ2n) is 5.20. The molecule has 0 amide bonds. The van der Waals surface area contributed by atoms with Gasteiger partial charge in [0.1, 0.15) is 11.6 Å². The van der Waals surface area contributed by atoms with Gasteiger partial charge in [-0.25, -0.2) is 8.78 Å². The Labute approximate surface area is 118 Å². The van der Waals surface area contributed by atoms with Gasteiger partial charge in [0.15, 0.2) is 0 Å². The van der Waals surface area contributed by atoms with E-state index >= 15 is 0 Å².